The first kappa shape index (κ1) is 62.6. The van der Waals surface area contributed by atoms with Crippen molar-refractivity contribution in [3.63, 3.8) is 0 Å². The minimum atomic E-state index is -0.785. The minimum Gasteiger partial charge on any atom is -0.462 e. The molecular formula is C58H113NO5. The molecule has 3 N–H and O–H groups in total. The smallest absolute Gasteiger partial charge is 0.306 e. The summed E-state index contributed by atoms with van der Waals surface area (Å²) >= 11 is 0. The van der Waals surface area contributed by atoms with Crippen LogP contribution in [0.25, 0.3) is 0 Å². The van der Waals surface area contributed by atoms with Crippen LogP contribution in [-0.2, 0) is 14.3 Å². The Hall–Kier alpha value is -1.40. The molecule has 0 heterocycles. The second kappa shape index (κ2) is 52.6. The molecule has 6 heteroatoms. The summed E-state index contributed by atoms with van der Waals surface area (Å²) in [5.41, 5.74) is 0. The zero-order valence-electron chi connectivity index (χ0n) is 43.4. The number of aliphatic hydroxyl groups excluding tert-OH is 2. The average Bonchev–Trinajstić information content (AvgIpc) is 3.29. The van der Waals surface area contributed by atoms with Gasteiger partial charge in [-0.05, 0) is 51.4 Å². The van der Waals surface area contributed by atoms with Crippen LogP contribution in [0.4, 0.5) is 0 Å². The zero-order valence-corrected chi connectivity index (χ0v) is 43.4. The molecule has 3 unspecified atom stereocenters. The van der Waals surface area contributed by atoms with Crippen molar-refractivity contribution in [1.82, 2.24) is 5.32 Å². The van der Waals surface area contributed by atoms with Gasteiger partial charge in [0.15, 0.2) is 0 Å². The van der Waals surface area contributed by atoms with E-state index in [2.05, 4.69) is 38.2 Å². The highest BCUT2D eigenvalue weighted by atomic mass is 16.5. The van der Waals surface area contributed by atoms with E-state index in [0.29, 0.717) is 19.3 Å². The molecule has 380 valence electrons. The summed E-state index contributed by atoms with van der Waals surface area (Å²) in [7, 11) is 0. The van der Waals surface area contributed by atoms with Gasteiger partial charge in [-0.2, -0.15) is 0 Å². The average molecular weight is 905 g/mol. The van der Waals surface area contributed by atoms with Crippen molar-refractivity contribution in [2.45, 2.75) is 341 Å². The van der Waals surface area contributed by atoms with Gasteiger partial charge < -0.3 is 20.3 Å². The van der Waals surface area contributed by atoms with Crippen molar-refractivity contribution in [2.24, 2.45) is 0 Å². The third-order valence-corrected chi connectivity index (χ3v) is 13.6. The number of amides is 1. The molecule has 0 aliphatic heterocycles. The summed E-state index contributed by atoms with van der Waals surface area (Å²) in [4.78, 5) is 26.2. The number of carbonyl (C=O) groups excluding carboxylic acids is 2. The number of hydrogen-bond donors (Lipinski definition) is 3. The fourth-order valence-electron chi connectivity index (χ4n) is 9.19. The number of allylic oxidation sites excluding steroid dienone is 2. The molecule has 0 aliphatic carbocycles. The first-order valence-corrected chi connectivity index (χ1v) is 28.9. The maximum Gasteiger partial charge on any atom is 0.306 e. The molecule has 0 radical (unpaired) electrons. The largest absolute Gasteiger partial charge is 0.462 e. The Kier molecular flexibility index (Phi) is 51.4. The summed E-state index contributed by atoms with van der Waals surface area (Å²) in [5, 5.41) is 23.9. The molecule has 0 fully saturated rings. The minimum absolute atomic E-state index is 0.0794. The van der Waals surface area contributed by atoms with Gasteiger partial charge >= 0.3 is 5.97 Å². The van der Waals surface area contributed by atoms with Crippen LogP contribution in [0.1, 0.15) is 323 Å². The van der Waals surface area contributed by atoms with E-state index in [4.69, 9.17) is 4.74 Å². The third-order valence-electron chi connectivity index (χ3n) is 13.6. The number of unbranched alkanes of at least 4 members (excludes halogenated alkanes) is 39. The Bertz CT molecular complexity index is 970. The van der Waals surface area contributed by atoms with Crippen LogP contribution in [0.5, 0.6) is 0 Å². The first-order chi connectivity index (χ1) is 31.5. The number of ether oxygens (including phenoxy) is 1. The Balaban J connectivity index is 4.49. The van der Waals surface area contributed by atoms with Crippen LogP contribution >= 0.6 is 0 Å². The predicted molar refractivity (Wildman–Crippen MR) is 278 cm³/mol. The molecule has 1 amide bonds. The van der Waals surface area contributed by atoms with Crippen molar-refractivity contribution in [3.8, 4) is 0 Å². The molecule has 0 aliphatic rings. The fourth-order valence-corrected chi connectivity index (χ4v) is 9.19. The van der Waals surface area contributed by atoms with Crippen LogP contribution in [0.15, 0.2) is 12.2 Å². The van der Waals surface area contributed by atoms with E-state index in [1.54, 1.807) is 0 Å². The lowest BCUT2D eigenvalue weighted by Gasteiger charge is -2.24. The van der Waals surface area contributed by atoms with Crippen molar-refractivity contribution < 1.29 is 24.5 Å². The molecule has 0 rings (SSSR count). The van der Waals surface area contributed by atoms with Crippen molar-refractivity contribution >= 4 is 11.9 Å². The molecule has 0 saturated carbocycles. The van der Waals surface area contributed by atoms with E-state index in [9.17, 15) is 19.8 Å². The summed E-state index contributed by atoms with van der Waals surface area (Å²) in [6.07, 6.45) is 59.9. The van der Waals surface area contributed by atoms with Crippen LogP contribution in [0.3, 0.4) is 0 Å². The number of rotatable bonds is 53. The van der Waals surface area contributed by atoms with E-state index >= 15 is 0 Å². The number of esters is 1. The number of hydrogen-bond acceptors (Lipinski definition) is 5. The molecule has 64 heavy (non-hydrogen) atoms. The highest BCUT2D eigenvalue weighted by Gasteiger charge is 2.24. The van der Waals surface area contributed by atoms with Gasteiger partial charge in [-0.3, -0.25) is 9.59 Å². The lowest BCUT2D eigenvalue weighted by atomic mass is 10.0. The topological polar surface area (TPSA) is 95.9 Å². The Labute approximate surface area is 399 Å². The Morgan fingerprint density at radius 1 is 0.438 bits per heavy atom. The highest BCUT2D eigenvalue weighted by Crippen LogP contribution is 2.19. The lowest BCUT2D eigenvalue weighted by Crippen LogP contribution is -2.46. The van der Waals surface area contributed by atoms with Gasteiger partial charge in [-0.1, -0.05) is 270 Å². The molecule has 0 aromatic carbocycles. The normalized spacial score (nSPS) is 13.1. The number of nitrogens with one attached hydrogen (secondary N) is 1. The van der Waals surface area contributed by atoms with Gasteiger partial charge in [0.2, 0.25) is 5.91 Å². The summed E-state index contributed by atoms with van der Waals surface area (Å²) < 4.78 is 5.95. The Morgan fingerprint density at radius 2 is 0.750 bits per heavy atom. The maximum absolute atomic E-state index is 13.3. The second-order valence-electron chi connectivity index (χ2n) is 20.1. The van der Waals surface area contributed by atoms with Gasteiger partial charge in [0.05, 0.1) is 25.2 Å². The summed E-state index contributed by atoms with van der Waals surface area (Å²) in [5.74, 6) is -0.470. The van der Waals surface area contributed by atoms with E-state index in [0.717, 1.165) is 51.4 Å². The molecule has 0 aromatic rings. The van der Waals surface area contributed by atoms with Crippen LogP contribution in [0.2, 0.25) is 0 Å². The van der Waals surface area contributed by atoms with Gasteiger partial charge in [-0.25, -0.2) is 0 Å². The van der Waals surface area contributed by atoms with Crippen molar-refractivity contribution in [2.75, 3.05) is 6.61 Å². The van der Waals surface area contributed by atoms with Crippen LogP contribution in [0, 0.1) is 0 Å². The lowest BCUT2D eigenvalue weighted by molar-refractivity contribution is -0.151. The molecule has 3 atom stereocenters. The van der Waals surface area contributed by atoms with Gasteiger partial charge in [0, 0.05) is 6.42 Å². The molecule has 6 nitrogen and oxygen atoms in total. The number of aliphatic hydroxyl groups is 2. The van der Waals surface area contributed by atoms with E-state index in [1.807, 2.05) is 0 Å². The van der Waals surface area contributed by atoms with Crippen LogP contribution in [-0.4, -0.2) is 46.9 Å². The zero-order chi connectivity index (χ0) is 46.7. The summed E-state index contributed by atoms with van der Waals surface area (Å²) in [6.45, 7) is 6.52. The van der Waals surface area contributed by atoms with Gasteiger partial charge in [-0.15, -0.1) is 0 Å². The highest BCUT2D eigenvalue weighted by molar-refractivity contribution is 5.77. The second-order valence-corrected chi connectivity index (χ2v) is 20.1. The molecular weight excluding hydrogens is 791 g/mol. The van der Waals surface area contributed by atoms with E-state index in [1.165, 1.54) is 225 Å². The van der Waals surface area contributed by atoms with Crippen molar-refractivity contribution in [3.05, 3.63) is 12.2 Å². The van der Waals surface area contributed by atoms with Crippen molar-refractivity contribution in [1.29, 1.82) is 0 Å². The molecule has 0 spiro atoms. The Morgan fingerprint density at radius 3 is 1.11 bits per heavy atom. The SMILES string of the molecule is CCCCCCCCC/C=C\CCCCCC(=O)OC(CCCCCCCCCCCCCCCC)CC(=O)NC(CO)C(O)CCCCCCCCCCCCCCCCCCC. The van der Waals surface area contributed by atoms with E-state index < -0.39 is 18.2 Å². The number of carbonyl (C=O) groups is 2. The third kappa shape index (κ3) is 47.1. The summed E-state index contributed by atoms with van der Waals surface area (Å²) in [6, 6.07) is -0.699. The predicted octanol–water partition coefficient (Wildman–Crippen LogP) is 17.7. The quantitative estimate of drug-likeness (QED) is 0.0321. The van der Waals surface area contributed by atoms with E-state index in [-0.39, 0.29) is 24.9 Å². The fraction of sp³-hybridized carbons (Fsp3) is 0.931. The molecule has 0 saturated heterocycles. The van der Waals surface area contributed by atoms with Gasteiger partial charge in [0.25, 0.3) is 0 Å². The monoisotopic (exact) mass is 904 g/mol. The maximum atomic E-state index is 13.3. The van der Waals surface area contributed by atoms with Crippen LogP contribution < -0.4 is 5.32 Å². The standard InChI is InChI=1S/C58H113NO5/c1-4-7-10-13-16-19-22-25-28-29-30-32-35-38-41-44-47-50-56(61)55(53-60)59-57(62)52-54(49-46-43-40-37-34-31-26-23-20-17-14-11-8-5-2)64-58(63)51-48-45-42-39-36-33-27-24-21-18-15-12-9-6-3/h33,36,54-56,60-61H,4-32,34-35,37-53H2,1-3H3,(H,59,62)/b36-33-. The molecule has 0 aromatic heterocycles. The molecule has 0 bridgehead atoms. The van der Waals surface area contributed by atoms with Gasteiger partial charge in [0.1, 0.15) is 6.10 Å². The first-order valence-electron chi connectivity index (χ1n) is 28.9.